The molecule has 0 spiro atoms. The van der Waals surface area contributed by atoms with Crippen LogP contribution in [-0.2, 0) is 10.3 Å². The Labute approximate surface area is 93.7 Å². The maximum Gasteiger partial charge on any atom is 0.380 e. The molecule has 0 bridgehead atoms. The first-order chi connectivity index (χ1) is 7.42. The fourth-order valence-corrected chi connectivity index (χ4v) is 1.46. The number of carbonyl (C=O) groups is 1. The first-order valence-corrected chi connectivity index (χ1v) is 6.00. The molecule has 1 aromatic carbocycles. The van der Waals surface area contributed by atoms with E-state index in [1.54, 1.807) is 13.0 Å². The highest BCUT2D eigenvalue weighted by atomic mass is 32.2. The Morgan fingerprint density at radius 1 is 1.50 bits per heavy atom. The molecule has 0 aliphatic heterocycles. The van der Waals surface area contributed by atoms with Crippen molar-refractivity contribution in [3.63, 3.8) is 0 Å². The van der Waals surface area contributed by atoms with Crippen molar-refractivity contribution in [2.45, 2.75) is 6.92 Å². The summed E-state index contributed by atoms with van der Waals surface area (Å²) in [6.07, 6.45) is 0. The maximum atomic E-state index is 11.4. The molecule has 0 radical (unpaired) electrons. The first-order valence-electron chi connectivity index (χ1n) is 4.53. The van der Waals surface area contributed by atoms with Crippen molar-refractivity contribution in [1.82, 2.24) is 5.32 Å². The van der Waals surface area contributed by atoms with Crippen LogP contribution in [0.5, 0.6) is 5.75 Å². The van der Waals surface area contributed by atoms with Gasteiger partial charge in [0, 0.05) is 12.1 Å². The van der Waals surface area contributed by atoms with Gasteiger partial charge in [0.05, 0.1) is 0 Å². The van der Waals surface area contributed by atoms with Crippen molar-refractivity contribution >= 4 is 16.2 Å². The van der Waals surface area contributed by atoms with Gasteiger partial charge >= 0.3 is 10.3 Å². The van der Waals surface area contributed by atoms with Gasteiger partial charge in [-0.05, 0) is 25.1 Å². The lowest BCUT2D eigenvalue weighted by Gasteiger charge is -2.05. The fourth-order valence-electron chi connectivity index (χ4n) is 1.09. The Hall–Kier alpha value is -1.60. The van der Waals surface area contributed by atoms with Crippen LogP contribution in [0.4, 0.5) is 0 Å². The van der Waals surface area contributed by atoms with Gasteiger partial charge in [0.2, 0.25) is 0 Å². The smallest absolute Gasteiger partial charge is 0.371 e. The molecule has 7 heteroatoms. The number of nitrogens with two attached hydrogens (primary N) is 1. The molecule has 0 unspecified atom stereocenters. The summed E-state index contributed by atoms with van der Waals surface area (Å²) >= 11 is 0. The van der Waals surface area contributed by atoms with Crippen molar-refractivity contribution in [2.24, 2.45) is 5.14 Å². The maximum absolute atomic E-state index is 11.4. The van der Waals surface area contributed by atoms with Gasteiger partial charge < -0.3 is 9.50 Å². The minimum atomic E-state index is -4.06. The molecule has 1 amide bonds. The molecule has 16 heavy (non-hydrogen) atoms. The minimum absolute atomic E-state index is 0.00579. The molecule has 0 saturated heterocycles. The summed E-state index contributed by atoms with van der Waals surface area (Å²) in [5, 5.41) is 7.28. The van der Waals surface area contributed by atoms with Gasteiger partial charge in [-0.3, -0.25) is 4.79 Å². The van der Waals surface area contributed by atoms with E-state index in [1.165, 1.54) is 18.2 Å². The Kier molecular flexibility index (Phi) is 3.86. The largest absolute Gasteiger partial charge is 0.380 e. The van der Waals surface area contributed by atoms with Crippen LogP contribution in [0.25, 0.3) is 0 Å². The average Bonchev–Trinajstić information content (AvgIpc) is 2.16. The minimum Gasteiger partial charge on any atom is -0.371 e. The highest BCUT2D eigenvalue weighted by Gasteiger charge is 2.08. The van der Waals surface area contributed by atoms with E-state index in [2.05, 4.69) is 9.50 Å². The van der Waals surface area contributed by atoms with Crippen LogP contribution < -0.4 is 14.6 Å². The predicted molar refractivity (Wildman–Crippen MR) is 58.2 cm³/mol. The quantitative estimate of drug-likeness (QED) is 0.779. The Balaban J connectivity index is 2.91. The number of carbonyl (C=O) groups excluding carboxylic acids is 1. The lowest BCUT2D eigenvalue weighted by atomic mass is 10.2. The third kappa shape index (κ3) is 3.87. The summed E-state index contributed by atoms with van der Waals surface area (Å²) in [5.74, 6) is -0.298. The summed E-state index contributed by atoms with van der Waals surface area (Å²) in [5.41, 5.74) is 0.308. The van der Waals surface area contributed by atoms with E-state index >= 15 is 0 Å². The van der Waals surface area contributed by atoms with Crippen molar-refractivity contribution in [1.29, 1.82) is 0 Å². The molecule has 6 nitrogen and oxygen atoms in total. The van der Waals surface area contributed by atoms with Gasteiger partial charge in [-0.25, -0.2) is 0 Å². The SMILES string of the molecule is CCNC(=O)c1cccc(OS(N)(=O)=O)c1. The molecule has 0 saturated carbocycles. The normalized spacial score (nSPS) is 10.9. The molecule has 0 heterocycles. The summed E-state index contributed by atoms with van der Waals surface area (Å²) < 4.78 is 25.8. The topological polar surface area (TPSA) is 98.5 Å². The van der Waals surface area contributed by atoms with Crippen LogP contribution in [0.15, 0.2) is 24.3 Å². The second-order valence-electron chi connectivity index (χ2n) is 2.96. The van der Waals surface area contributed by atoms with Crippen molar-refractivity contribution in [3.8, 4) is 5.75 Å². The lowest BCUT2D eigenvalue weighted by Crippen LogP contribution is -2.23. The number of amides is 1. The number of rotatable bonds is 4. The molecule has 0 atom stereocenters. The second kappa shape index (κ2) is 4.95. The van der Waals surface area contributed by atoms with E-state index in [4.69, 9.17) is 5.14 Å². The van der Waals surface area contributed by atoms with Crippen molar-refractivity contribution in [3.05, 3.63) is 29.8 Å². The Morgan fingerprint density at radius 3 is 2.75 bits per heavy atom. The van der Waals surface area contributed by atoms with Crippen LogP contribution in [-0.4, -0.2) is 20.9 Å². The fraction of sp³-hybridized carbons (Fsp3) is 0.222. The van der Waals surface area contributed by atoms with Gasteiger partial charge in [0.1, 0.15) is 5.75 Å². The van der Waals surface area contributed by atoms with E-state index in [0.717, 1.165) is 0 Å². The Morgan fingerprint density at radius 2 is 2.19 bits per heavy atom. The second-order valence-corrected chi connectivity index (χ2v) is 4.12. The number of nitrogens with one attached hydrogen (secondary N) is 1. The number of benzene rings is 1. The van der Waals surface area contributed by atoms with Crippen molar-refractivity contribution in [2.75, 3.05) is 6.54 Å². The summed E-state index contributed by atoms with van der Waals surface area (Å²) in [7, 11) is -4.06. The number of hydrogen-bond donors (Lipinski definition) is 2. The van der Waals surface area contributed by atoms with Crippen LogP contribution in [0, 0.1) is 0 Å². The third-order valence-electron chi connectivity index (χ3n) is 1.65. The molecule has 1 rings (SSSR count). The highest BCUT2D eigenvalue weighted by Crippen LogP contribution is 2.14. The predicted octanol–water partition coefficient (Wildman–Crippen LogP) is 0.0186. The molecule has 0 fully saturated rings. The van der Waals surface area contributed by atoms with Gasteiger partial charge in [-0.1, -0.05) is 6.07 Å². The molecule has 1 aromatic rings. The molecule has 0 aliphatic carbocycles. The summed E-state index contributed by atoms with van der Waals surface area (Å²) in [4.78, 5) is 11.4. The van der Waals surface area contributed by atoms with Crippen LogP contribution in [0.1, 0.15) is 17.3 Å². The van der Waals surface area contributed by atoms with Gasteiger partial charge in [0.15, 0.2) is 0 Å². The molecular weight excluding hydrogens is 232 g/mol. The van der Waals surface area contributed by atoms with Gasteiger partial charge in [0.25, 0.3) is 5.91 Å². The standard InChI is InChI=1S/C9H12N2O4S/c1-2-11-9(12)7-4-3-5-8(6-7)15-16(10,13)14/h3-6H,2H2,1H3,(H,11,12)(H2,10,13,14). The summed E-state index contributed by atoms with van der Waals surface area (Å²) in [6, 6.07) is 5.74. The van der Waals surface area contributed by atoms with E-state index in [1.807, 2.05) is 0 Å². The van der Waals surface area contributed by atoms with E-state index in [-0.39, 0.29) is 11.7 Å². The molecule has 88 valence electrons. The van der Waals surface area contributed by atoms with E-state index in [9.17, 15) is 13.2 Å². The summed E-state index contributed by atoms with van der Waals surface area (Å²) in [6.45, 7) is 2.27. The monoisotopic (exact) mass is 244 g/mol. The van der Waals surface area contributed by atoms with Crippen molar-refractivity contribution < 1.29 is 17.4 Å². The van der Waals surface area contributed by atoms with Crippen LogP contribution in [0.2, 0.25) is 0 Å². The third-order valence-corrected chi connectivity index (χ3v) is 2.07. The average molecular weight is 244 g/mol. The van der Waals surface area contributed by atoms with Crippen LogP contribution >= 0.6 is 0 Å². The van der Waals surface area contributed by atoms with E-state index < -0.39 is 10.3 Å². The number of hydrogen-bond acceptors (Lipinski definition) is 4. The van der Waals surface area contributed by atoms with E-state index in [0.29, 0.717) is 12.1 Å². The molecule has 0 aliphatic rings. The zero-order valence-electron chi connectivity index (χ0n) is 8.64. The highest BCUT2D eigenvalue weighted by molar-refractivity contribution is 7.84. The first kappa shape index (κ1) is 12.5. The van der Waals surface area contributed by atoms with Gasteiger partial charge in [-0.2, -0.15) is 13.6 Å². The zero-order chi connectivity index (χ0) is 12.2. The molecule has 3 N–H and O–H groups in total. The van der Waals surface area contributed by atoms with Gasteiger partial charge in [-0.15, -0.1) is 0 Å². The zero-order valence-corrected chi connectivity index (χ0v) is 9.45. The molecule has 0 aromatic heterocycles. The lowest BCUT2D eigenvalue weighted by molar-refractivity contribution is 0.0955. The molecular formula is C9H12N2O4S. The Bertz CT molecular complexity index is 484. The van der Waals surface area contributed by atoms with Crippen LogP contribution in [0.3, 0.4) is 0 Å².